The maximum Gasteiger partial charge on any atom is 0.307 e. The Labute approximate surface area is 108 Å². The van der Waals surface area contributed by atoms with Crippen LogP contribution in [0.15, 0.2) is 18.5 Å². The largest absolute Gasteiger partial charge is 0.481 e. The summed E-state index contributed by atoms with van der Waals surface area (Å²) in [4.78, 5) is 13.3. The fourth-order valence-corrected chi connectivity index (χ4v) is 2.68. The minimum absolute atomic E-state index is 0.157. The number of carbonyl (C=O) groups is 1. The van der Waals surface area contributed by atoms with Crippen molar-refractivity contribution in [2.75, 3.05) is 19.6 Å². The second-order valence-electron chi connectivity index (χ2n) is 5.27. The second-order valence-corrected chi connectivity index (χ2v) is 5.27. The monoisotopic (exact) mass is 250 g/mol. The number of carboxylic acid groups (broad SMARTS) is 1. The van der Waals surface area contributed by atoms with Gasteiger partial charge in [-0.2, -0.15) is 0 Å². The lowest BCUT2D eigenvalue weighted by atomic mass is 9.98. The highest BCUT2D eigenvalue weighted by Gasteiger charge is 2.24. The van der Waals surface area contributed by atoms with Crippen LogP contribution in [0.2, 0.25) is 0 Å². The third-order valence-corrected chi connectivity index (χ3v) is 3.69. The van der Waals surface area contributed by atoms with Crippen LogP contribution in [0.3, 0.4) is 0 Å². The molecule has 0 saturated carbocycles. The van der Waals surface area contributed by atoms with Gasteiger partial charge in [-0.05, 0) is 50.4 Å². The Morgan fingerprint density at radius 1 is 1.56 bits per heavy atom. The van der Waals surface area contributed by atoms with Crippen molar-refractivity contribution in [3.8, 4) is 0 Å². The molecule has 1 aromatic heterocycles. The smallest absolute Gasteiger partial charge is 0.307 e. The Hall–Kier alpha value is -1.29. The lowest BCUT2D eigenvalue weighted by Crippen LogP contribution is -2.39. The second kappa shape index (κ2) is 6.05. The van der Waals surface area contributed by atoms with Crippen LogP contribution in [0.5, 0.6) is 0 Å². The van der Waals surface area contributed by atoms with Gasteiger partial charge >= 0.3 is 5.97 Å². The number of carboxylic acids is 1. The maximum atomic E-state index is 11.0. The van der Waals surface area contributed by atoms with E-state index in [9.17, 15) is 4.79 Å². The van der Waals surface area contributed by atoms with Crippen LogP contribution < -0.4 is 0 Å². The summed E-state index contributed by atoms with van der Waals surface area (Å²) in [6.45, 7) is 2.79. The van der Waals surface area contributed by atoms with Crippen molar-refractivity contribution >= 4 is 5.97 Å². The van der Waals surface area contributed by atoms with Crippen molar-refractivity contribution in [3.05, 3.63) is 24.0 Å². The van der Waals surface area contributed by atoms with Crippen molar-refractivity contribution in [1.29, 1.82) is 0 Å². The van der Waals surface area contributed by atoms with Crippen LogP contribution in [0, 0.1) is 5.92 Å². The Kier molecular flexibility index (Phi) is 4.42. The lowest BCUT2D eigenvalue weighted by molar-refractivity contribution is -0.143. The van der Waals surface area contributed by atoms with Crippen molar-refractivity contribution in [2.45, 2.75) is 25.7 Å². The first-order valence-corrected chi connectivity index (χ1v) is 6.71. The maximum absolute atomic E-state index is 11.0. The zero-order valence-corrected chi connectivity index (χ0v) is 11.0. The molecule has 4 nitrogen and oxygen atoms in total. The molecule has 4 heteroatoms. The zero-order valence-electron chi connectivity index (χ0n) is 11.0. The van der Waals surface area contributed by atoms with Crippen LogP contribution in [-0.2, 0) is 18.3 Å². The average Bonchev–Trinajstić information content (AvgIpc) is 2.75. The molecule has 0 bridgehead atoms. The number of aromatic nitrogens is 1. The van der Waals surface area contributed by atoms with Gasteiger partial charge in [-0.3, -0.25) is 4.79 Å². The van der Waals surface area contributed by atoms with Gasteiger partial charge in [0.25, 0.3) is 0 Å². The number of hydrogen-bond acceptors (Lipinski definition) is 2. The lowest BCUT2D eigenvalue weighted by Gasteiger charge is -2.30. The van der Waals surface area contributed by atoms with E-state index in [4.69, 9.17) is 5.11 Å². The normalized spacial score (nSPS) is 21.1. The van der Waals surface area contributed by atoms with Gasteiger partial charge in [-0.1, -0.05) is 0 Å². The van der Waals surface area contributed by atoms with E-state index in [2.05, 4.69) is 27.9 Å². The van der Waals surface area contributed by atoms with E-state index in [1.54, 1.807) is 0 Å². The van der Waals surface area contributed by atoms with Gasteiger partial charge in [-0.25, -0.2) is 0 Å². The fraction of sp³-hybridized carbons (Fsp3) is 0.643. The van der Waals surface area contributed by atoms with Gasteiger partial charge in [-0.15, -0.1) is 0 Å². The summed E-state index contributed by atoms with van der Waals surface area (Å²) in [6, 6.07) is 2.15. The van der Waals surface area contributed by atoms with Gasteiger partial charge in [0.15, 0.2) is 0 Å². The number of piperidine rings is 1. The van der Waals surface area contributed by atoms with E-state index in [0.717, 1.165) is 45.3 Å². The number of likely N-dealkylation sites (tertiary alicyclic amines) is 1. The van der Waals surface area contributed by atoms with E-state index in [1.807, 2.05) is 7.05 Å². The molecule has 1 aliphatic rings. The molecule has 0 aromatic carbocycles. The Bertz CT molecular complexity index is 400. The predicted molar refractivity (Wildman–Crippen MR) is 70.5 cm³/mol. The summed E-state index contributed by atoms with van der Waals surface area (Å²) in [5.41, 5.74) is 1.37. The van der Waals surface area contributed by atoms with Gasteiger partial charge in [0.1, 0.15) is 0 Å². The van der Waals surface area contributed by atoms with Crippen molar-refractivity contribution < 1.29 is 9.90 Å². The Morgan fingerprint density at radius 2 is 2.39 bits per heavy atom. The highest BCUT2D eigenvalue weighted by Crippen LogP contribution is 2.17. The summed E-state index contributed by atoms with van der Waals surface area (Å²) in [6.07, 6.45) is 8.26. The van der Waals surface area contributed by atoms with Crippen LogP contribution in [0.1, 0.15) is 24.8 Å². The van der Waals surface area contributed by atoms with Crippen LogP contribution >= 0.6 is 0 Å². The first kappa shape index (κ1) is 13.1. The molecule has 1 fully saturated rings. The van der Waals surface area contributed by atoms with Crippen molar-refractivity contribution in [1.82, 2.24) is 9.47 Å². The molecular weight excluding hydrogens is 228 g/mol. The van der Waals surface area contributed by atoms with Crippen LogP contribution in [-0.4, -0.2) is 40.2 Å². The van der Waals surface area contributed by atoms with Gasteiger partial charge in [0.05, 0.1) is 5.92 Å². The molecule has 1 atom stereocenters. The zero-order chi connectivity index (χ0) is 13.0. The number of rotatable bonds is 5. The number of hydrogen-bond donors (Lipinski definition) is 1. The third kappa shape index (κ3) is 3.60. The highest BCUT2D eigenvalue weighted by molar-refractivity contribution is 5.70. The molecule has 2 rings (SSSR count). The molecule has 1 unspecified atom stereocenters. The molecule has 0 spiro atoms. The number of aryl methyl sites for hydroxylation is 2. The summed E-state index contributed by atoms with van der Waals surface area (Å²) in [5, 5.41) is 9.03. The molecule has 1 saturated heterocycles. The van der Waals surface area contributed by atoms with Crippen molar-refractivity contribution in [2.24, 2.45) is 13.0 Å². The summed E-state index contributed by atoms with van der Waals surface area (Å²) >= 11 is 0. The third-order valence-electron chi connectivity index (χ3n) is 3.69. The Morgan fingerprint density at radius 3 is 3.06 bits per heavy atom. The van der Waals surface area contributed by atoms with Crippen LogP contribution in [0.25, 0.3) is 0 Å². The number of nitrogens with zero attached hydrogens (tertiary/aromatic N) is 2. The Balaban J connectivity index is 1.71. The summed E-state index contributed by atoms with van der Waals surface area (Å²) < 4.78 is 2.07. The van der Waals surface area contributed by atoms with E-state index < -0.39 is 5.97 Å². The first-order chi connectivity index (χ1) is 8.65. The van der Waals surface area contributed by atoms with E-state index in [0.29, 0.717) is 0 Å². The van der Waals surface area contributed by atoms with E-state index in [-0.39, 0.29) is 5.92 Å². The molecule has 100 valence electrons. The summed E-state index contributed by atoms with van der Waals surface area (Å²) in [5.74, 6) is -0.793. The van der Waals surface area contributed by atoms with Gasteiger partial charge in [0, 0.05) is 26.0 Å². The van der Waals surface area contributed by atoms with Gasteiger partial charge < -0.3 is 14.6 Å². The summed E-state index contributed by atoms with van der Waals surface area (Å²) in [7, 11) is 2.03. The molecular formula is C14H22N2O2. The van der Waals surface area contributed by atoms with E-state index >= 15 is 0 Å². The van der Waals surface area contributed by atoms with Gasteiger partial charge in [0.2, 0.25) is 0 Å². The average molecular weight is 250 g/mol. The van der Waals surface area contributed by atoms with Crippen molar-refractivity contribution in [3.63, 3.8) is 0 Å². The van der Waals surface area contributed by atoms with E-state index in [1.165, 1.54) is 5.56 Å². The quantitative estimate of drug-likeness (QED) is 0.866. The fourth-order valence-electron chi connectivity index (χ4n) is 2.68. The SMILES string of the molecule is Cn1ccc(CCCN2CCCC(C(=O)O)C2)c1. The minimum atomic E-state index is -0.636. The van der Waals surface area contributed by atoms with Crippen LogP contribution in [0.4, 0.5) is 0 Å². The molecule has 1 aliphatic heterocycles. The number of aliphatic carboxylic acids is 1. The molecule has 1 N–H and O–H groups in total. The molecule has 18 heavy (non-hydrogen) atoms. The minimum Gasteiger partial charge on any atom is -0.481 e. The molecule has 0 amide bonds. The molecule has 0 aliphatic carbocycles. The molecule has 0 radical (unpaired) electrons. The first-order valence-electron chi connectivity index (χ1n) is 6.71. The topological polar surface area (TPSA) is 45.5 Å². The predicted octanol–water partition coefficient (Wildman–Crippen LogP) is 1.75. The molecule has 2 heterocycles. The standard InChI is InChI=1S/C14H22N2O2/c1-15-9-6-12(10-15)4-2-7-16-8-3-5-13(11-16)14(17)18/h6,9-10,13H,2-5,7-8,11H2,1H3,(H,17,18). The molecule has 1 aromatic rings. The highest BCUT2D eigenvalue weighted by atomic mass is 16.4.